The lowest BCUT2D eigenvalue weighted by atomic mass is 9.98. The first-order valence-corrected chi connectivity index (χ1v) is 6.27. The maximum Gasteiger partial charge on any atom is 0.110 e. The Balaban J connectivity index is 2.49. The van der Waals surface area contributed by atoms with Crippen LogP contribution >= 0.6 is 15.9 Å². The molecule has 84 valence electrons. The summed E-state index contributed by atoms with van der Waals surface area (Å²) in [6, 6.07) is 10.4. The van der Waals surface area contributed by atoms with E-state index in [1.165, 1.54) is 10.9 Å². The van der Waals surface area contributed by atoms with E-state index in [2.05, 4.69) is 40.0 Å². The Bertz CT molecular complexity index is 496. The summed E-state index contributed by atoms with van der Waals surface area (Å²) in [7, 11) is 0. The average Bonchev–Trinajstić information content (AvgIpc) is 2.28. The van der Waals surface area contributed by atoms with Gasteiger partial charge in [0.05, 0.1) is 5.52 Å². The summed E-state index contributed by atoms with van der Waals surface area (Å²) >= 11 is 3.54. The van der Waals surface area contributed by atoms with Crippen LogP contribution in [-0.4, -0.2) is 11.5 Å². The zero-order chi connectivity index (χ0) is 11.5. The SMILES string of the molecule is CC(CCN)c1cc2ccccc2nc1Br. The van der Waals surface area contributed by atoms with Gasteiger partial charge < -0.3 is 5.73 Å². The van der Waals surface area contributed by atoms with Crippen LogP contribution in [0.2, 0.25) is 0 Å². The largest absolute Gasteiger partial charge is 0.330 e. The highest BCUT2D eigenvalue weighted by molar-refractivity contribution is 9.10. The molecule has 0 amide bonds. The Morgan fingerprint density at radius 1 is 1.38 bits per heavy atom. The van der Waals surface area contributed by atoms with Gasteiger partial charge in [-0.15, -0.1) is 0 Å². The van der Waals surface area contributed by atoms with Gasteiger partial charge in [-0.1, -0.05) is 25.1 Å². The Kier molecular flexibility index (Phi) is 3.56. The highest BCUT2D eigenvalue weighted by atomic mass is 79.9. The van der Waals surface area contributed by atoms with Crippen LogP contribution in [0.1, 0.15) is 24.8 Å². The molecule has 0 aliphatic carbocycles. The van der Waals surface area contributed by atoms with Crippen molar-refractivity contribution in [3.8, 4) is 0 Å². The van der Waals surface area contributed by atoms with E-state index in [9.17, 15) is 0 Å². The first-order valence-electron chi connectivity index (χ1n) is 5.47. The van der Waals surface area contributed by atoms with Gasteiger partial charge in [-0.25, -0.2) is 4.98 Å². The maximum absolute atomic E-state index is 5.59. The van der Waals surface area contributed by atoms with Crippen molar-refractivity contribution in [1.82, 2.24) is 4.98 Å². The highest BCUT2D eigenvalue weighted by Gasteiger charge is 2.10. The highest BCUT2D eigenvalue weighted by Crippen LogP contribution is 2.28. The molecule has 0 saturated carbocycles. The Labute approximate surface area is 104 Å². The lowest BCUT2D eigenvalue weighted by Gasteiger charge is -2.13. The molecular weight excluding hydrogens is 264 g/mol. The molecule has 2 rings (SSSR count). The van der Waals surface area contributed by atoms with Crippen molar-refractivity contribution >= 4 is 26.8 Å². The minimum absolute atomic E-state index is 0.441. The van der Waals surface area contributed by atoms with E-state index in [-0.39, 0.29) is 0 Å². The fourth-order valence-electron chi connectivity index (χ4n) is 1.86. The smallest absolute Gasteiger partial charge is 0.110 e. The minimum Gasteiger partial charge on any atom is -0.330 e. The van der Waals surface area contributed by atoms with E-state index in [1.807, 2.05) is 18.2 Å². The lowest BCUT2D eigenvalue weighted by molar-refractivity contribution is 0.685. The molecule has 3 heteroatoms. The normalized spacial score (nSPS) is 12.9. The summed E-state index contributed by atoms with van der Waals surface area (Å²) in [5, 5.41) is 1.18. The summed E-state index contributed by atoms with van der Waals surface area (Å²) < 4.78 is 0.937. The van der Waals surface area contributed by atoms with Crippen molar-refractivity contribution in [2.45, 2.75) is 19.3 Å². The molecule has 2 aromatic rings. The van der Waals surface area contributed by atoms with Crippen molar-refractivity contribution in [3.05, 3.63) is 40.5 Å². The van der Waals surface area contributed by atoms with Crippen LogP contribution in [0.4, 0.5) is 0 Å². The van der Waals surface area contributed by atoms with Gasteiger partial charge in [0.25, 0.3) is 0 Å². The Morgan fingerprint density at radius 2 is 2.12 bits per heavy atom. The van der Waals surface area contributed by atoms with Crippen LogP contribution in [0, 0.1) is 0 Å². The molecule has 16 heavy (non-hydrogen) atoms. The quantitative estimate of drug-likeness (QED) is 0.874. The fourth-order valence-corrected chi connectivity index (χ4v) is 2.56. The number of rotatable bonds is 3. The third-order valence-corrected chi connectivity index (χ3v) is 3.47. The summed E-state index contributed by atoms with van der Waals surface area (Å²) in [6.07, 6.45) is 0.985. The van der Waals surface area contributed by atoms with Gasteiger partial charge in [0, 0.05) is 5.39 Å². The van der Waals surface area contributed by atoms with E-state index in [4.69, 9.17) is 5.73 Å². The molecular formula is C13H15BrN2. The first kappa shape index (κ1) is 11.6. The van der Waals surface area contributed by atoms with E-state index in [1.54, 1.807) is 0 Å². The van der Waals surface area contributed by atoms with Gasteiger partial charge in [0.1, 0.15) is 4.60 Å². The minimum atomic E-state index is 0.441. The van der Waals surface area contributed by atoms with Crippen LogP contribution in [0.15, 0.2) is 34.9 Å². The predicted molar refractivity (Wildman–Crippen MR) is 71.5 cm³/mol. The monoisotopic (exact) mass is 278 g/mol. The number of aromatic nitrogens is 1. The van der Waals surface area contributed by atoms with Gasteiger partial charge in [-0.3, -0.25) is 0 Å². The Morgan fingerprint density at radius 3 is 2.88 bits per heavy atom. The van der Waals surface area contributed by atoms with Crippen molar-refractivity contribution in [3.63, 3.8) is 0 Å². The molecule has 0 fully saturated rings. The second-order valence-electron chi connectivity index (χ2n) is 4.04. The van der Waals surface area contributed by atoms with E-state index in [0.29, 0.717) is 12.5 Å². The summed E-state index contributed by atoms with van der Waals surface area (Å²) in [6.45, 7) is 2.89. The third-order valence-electron chi connectivity index (χ3n) is 2.84. The zero-order valence-electron chi connectivity index (χ0n) is 9.28. The van der Waals surface area contributed by atoms with Gasteiger partial charge in [-0.2, -0.15) is 0 Å². The molecule has 0 radical (unpaired) electrons. The number of hydrogen-bond acceptors (Lipinski definition) is 2. The second-order valence-corrected chi connectivity index (χ2v) is 4.79. The number of nitrogens with two attached hydrogens (primary N) is 1. The number of hydrogen-bond donors (Lipinski definition) is 1. The van der Waals surface area contributed by atoms with Gasteiger partial charge in [0.2, 0.25) is 0 Å². The molecule has 0 spiro atoms. The fraction of sp³-hybridized carbons (Fsp3) is 0.308. The molecule has 2 N–H and O–H groups in total. The number of halogens is 1. The molecule has 2 nitrogen and oxygen atoms in total. The van der Waals surface area contributed by atoms with Crippen LogP contribution < -0.4 is 5.73 Å². The third kappa shape index (κ3) is 2.25. The molecule has 0 aliphatic rings. The lowest BCUT2D eigenvalue weighted by Crippen LogP contribution is -2.05. The summed E-state index contributed by atoms with van der Waals surface area (Å²) in [5.41, 5.74) is 7.86. The number of pyridine rings is 1. The molecule has 0 aliphatic heterocycles. The van der Waals surface area contributed by atoms with Crippen molar-refractivity contribution < 1.29 is 0 Å². The summed E-state index contributed by atoms with van der Waals surface area (Å²) in [5.74, 6) is 0.441. The molecule has 0 saturated heterocycles. The maximum atomic E-state index is 5.59. The van der Waals surface area contributed by atoms with Crippen molar-refractivity contribution in [2.75, 3.05) is 6.54 Å². The van der Waals surface area contributed by atoms with Crippen molar-refractivity contribution in [1.29, 1.82) is 0 Å². The molecule has 0 bridgehead atoms. The van der Waals surface area contributed by atoms with Crippen LogP contribution in [0.3, 0.4) is 0 Å². The van der Waals surface area contributed by atoms with Crippen LogP contribution in [0.5, 0.6) is 0 Å². The molecule has 1 aromatic heterocycles. The average molecular weight is 279 g/mol. The topological polar surface area (TPSA) is 38.9 Å². The van der Waals surface area contributed by atoms with Gasteiger partial charge in [0.15, 0.2) is 0 Å². The first-order chi connectivity index (χ1) is 7.72. The van der Waals surface area contributed by atoms with Gasteiger partial charge >= 0.3 is 0 Å². The summed E-state index contributed by atoms with van der Waals surface area (Å²) in [4.78, 5) is 4.55. The van der Waals surface area contributed by atoms with E-state index < -0.39 is 0 Å². The molecule has 1 unspecified atom stereocenters. The van der Waals surface area contributed by atoms with Crippen LogP contribution in [-0.2, 0) is 0 Å². The number of benzene rings is 1. The zero-order valence-corrected chi connectivity index (χ0v) is 10.9. The second kappa shape index (κ2) is 4.93. The van der Waals surface area contributed by atoms with Gasteiger partial charge in [-0.05, 0) is 52.5 Å². The molecule has 1 heterocycles. The van der Waals surface area contributed by atoms with Crippen molar-refractivity contribution in [2.24, 2.45) is 5.73 Å². The number of fused-ring (bicyclic) bond motifs is 1. The predicted octanol–water partition coefficient (Wildman–Crippen LogP) is 3.45. The number of para-hydroxylation sites is 1. The number of nitrogens with zero attached hydrogens (tertiary/aromatic N) is 1. The Hall–Kier alpha value is -0.930. The standard InChI is InChI=1S/C13H15BrN2/c1-9(6-7-15)11-8-10-4-2-3-5-12(10)16-13(11)14/h2-5,8-9H,6-7,15H2,1H3. The van der Waals surface area contributed by atoms with E-state index in [0.717, 1.165) is 16.5 Å². The van der Waals surface area contributed by atoms with E-state index >= 15 is 0 Å². The molecule has 1 atom stereocenters. The molecule has 1 aromatic carbocycles. The van der Waals surface area contributed by atoms with Crippen LogP contribution in [0.25, 0.3) is 10.9 Å².